The van der Waals surface area contributed by atoms with E-state index >= 15 is 0 Å². The van der Waals surface area contributed by atoms with E-state index in [-0.39, 0.29) is 17.3 Å². The molecule has 0 aliphatic carbocycles. The van der Waals surface area contributed by atoms with Gasteiger partial charge in [0, 0.05) is 7.05 Å². The first kappa shape index (κ1) is 12.0. The van der Waals surface area contributed by atoms with E-state index in [2.05, 4.69) is 9.72 Å². The number of nitrogens with zero attached hydrogens (tertiary/aromatic N) is 2. The SMILES string of the molecule is Cn1cc(OC(=O)O)nc1-c1c(F)cccc1F. The average molecular weight is 254 g/mol. The summed E-state index contributed by atoms with van der Waals surface area (Å²) in [4.78, 5) is 14.1. The number of benzene rings is 1. The van der Waals surface area contributed by atoms with E-state index in [0.29, 0.717) is 0 Å². The fourth-order valence-electron chi connectivity index (χ4n) is 1.52. The summed E-state index contributed by atoms with van der Waals surface area (Å²) in [6, 6.07) is 3.40. The molecule has 94 valence electrons. The maximum atomic E-state index is 13.5. The van der Waals surface area contributed by atoms with Gasteiger partial charge in [0.05, 0.1) is 11.8 Å². The Labute approximate surface area is 100 Å². The second-order valence-electron chi connectivity index (χ2n) is 3.48. The summed E-state index contributed by atoms with van der Waals surface area (Å²) < 4.78 is 32.7. The lowest BCUT2D eigenvalue weighted by Gasteiger charge is -2.03. The molecule has 1 N–H and O–H groups in total. The Morgan fingerprint density at radius 3 is 2.56 bits per heavy atom. The third-order valence-corrected chi connectivity index (χ3v) is 2.23. The van der Waals surface area contributed by atoms with E-state index in [1.807, 2.05) is 0 Å². The molecule has 0 unspecified atom stereocenters. The lowest BCUT2D eigenvalue weighted by Crippen LogP contribution is -2.02. The van der Waals surface area contributed by atoms with Crippen molar-refractivity contribution in [1.29, 1.82) is 0 Å². The largest absolute Gasteiger partial charge is 0.512 e. The van der Waals surface area contributed by atoms with Crippen LogP contribution < -0.4 is 4.74 Å². The Hall–Kier alpha value is -2.44. The van der Waals surface area contributed by atoms with E-state index in [4.69, 9.17) is 5.11 Å². The van der Waals surface area contributed by atoms with Gasteiger partial charge in [-0.15, -0.1) is 0 Å². The number of rotatable bonds is 2. The van der Waals surface area contributed by atoms with Crippen LogP contribution in [0.2, 0.25) is 0 Å². The molecule has 0 saturated heterocycles. The van der Waals surface area contributed by atoms with E-state index in [9.17, 15) is 13.6 Å². The monoisotopic (exact) mass is 254 g/mol. The van der Waals surface area contributed by atoms with Crippen molar-refractivity contribution in [2.75, 3.05) is 0 Å². The molecule has 0 bridgehead atoms. The van der Waals surface area contributed by atoms with Crippen molar-refractivity contribution >= 4 is 6.16 Å². The average Bonchev–Trinajstić information content (AvgIpc) is 2.58. The highest BCUT2D eigenvalue weighted by Crippen LogP contribution is 2.26. The highest BCUT2D eigenvalue weighted by molar-refractivity contribution is 5.62. The zero-order valence-corrected chi connectivity index (χ0v) is 9.22. The predicted octanol–water partition coefficient (Wildman–Crippen LogP) is 2.42. The molecule has 0 radical (unpaired) electrons. The van der Waals surface area contributed by atoms with Crippen LogP contribution in [0, 0.1) is 11.6 Å². The van der Waals surface area contributed by atoms with E-state index in [1.165, 1.54) is 23.9 Å². The first-order chi connectivity index (χ1) is 8.49. The molecule has 2 rings (SSSR count). The second-order valence-corrected chi connectivity index (χ2v) is 3.48. The minimum atomic E-state index is -1.55. The van der Waals surface area contributed by atoms with Gasteiger partial charge in [-0.25, -0.2) is 13.6 Å². The first-order valence-electron chi connectivity index (χ1n) is 4.87. The van der Waals surface area contributed by atoms with Crippen LogP contribution in [0.1, 0.15) is 0 Å². The normalized spacial score (nSPS) is 10.4. The summed E-state index contributed by atoms with van der Waals surface area (Å²) in [5, 5.41) is 8.43. The number of aromatic nitrogens is 2. The molecule has 2 aromatic rings. The van der Waals surface area contributed by atoms with Gasteiger partial charge in [-0.1, -0.05) is 6.07 Å². The Morgan fingerprint density at radius 1 is 1.39 bits per heavy atom. The zero-order valence-electron chi connectivity index (χ0n) is 9.22. The number of carbonyl (C=O) groups is 1. The van der Waals surface area contributed by atoms with Gasteiger partial charge in [0.2, 0.25) is 5.88 Å². The van der Waals surface area contributed by atoms with Gasteiger partial charge in [0.1, 0.15) is 17.5 Å². The molecule has 0 aliphatic heterocycles. The van der Waals surface area contributed by atoms with Gasteiger partial charge in [0.15, 0.2) is 0 Å². The highest BCUT2D eigenvalue weighted by atomic mass is 19.1. The van der Waals surface area contributed by atoms with Gasteiger partial charge in [-0.2, -0.15) is 4.98 Å². The molecule has 0 spiro atoms. The van der Waals surface area contributed by atoms with Crippen molar-refractivity contribution in [3.05, 3.63) is 36.0 Å². The maximum Gasteiger partial charge on any atom is 0.512 e. The smallest absolute Gasteiger partial charge is 0.449 e. The molecule has 1 aromatic carbocycles. The topological polar surface area (TPSA) is 64.3 Å². The van der Waals surface area contributed by atoms with Gasteiger partial charge < -0.3 is 14.4 Å². The molecule has 5 nitrogen and oxygen atoms in total. The Balaban J connectivity index is 2.51. The van der Waals surface area contributed by atoms with Crippen LogP contribution in [0.25, 0.3) is 11.4 Å². The number of hydrogen-bond acceptors (Lipinski definition) is 3. The van der Waals surface area contributed by atoms with Gasteiger partial charge >= 0.3 is 6.16 Å². The van der Waals surface area contributed by atoms with Crippen LogP contribution in [-0.2, 0) is 7.05 Å². The Kier molecular flexibility index (Phi) is 2.97. The van der Waals surface area contributed by atoms with E-state index in [0.717, 1.165) is 12.1 Å². The molecule has 0 saturated carbocycles. The fourth-order valence-corrected chi connectivity index (χ4v) is 1.52. The molecule has 0 aliphatic rings. The Morgan fingerprint density at radius 2 is 2.00 bits per heavy atom. The fraction of sp³-hybridized carbons (Fsp3) is 0.0909. The number of halogens is 2. The predicted molar refractivity (Wildman–Crippen MR) is 57.2 cm³/mol. The summed E-state index contributed by atoms with van der Waals surface area (Å²) in [6.07, 6.45) is -0.330. The zero-order chi connectivity index (χ0) is 13.3. The minimum absolute atomic E-state index is 0.0538. The summed E-state index contributed by atoms with van der Waals surface area (Å²) in [5.74, 6) is -1.87. The number of carboxylic acid groups (broad SMARTS) is 1. The lowest BCUT2D eigenvalue weighted by atomic mass is 10.2. The van der Waals surface area contributed by atoms with Crippen LogP contribution in [0.3, 0.4) is 0 Å². The van der Waals surface area contributed by atoms with Crippen molar-refractivity contribution in [2.45, 2.75) is 0 Å². The summed E-state index contributed by atoms with van der Waals surface area (Å²) >= 11 is 0. The van der Waals surface area contributed by atoms with E-state index in [1.54, 1.807) is 0 Å². The molecule has 1 aromatic heterocycles. The molecule has 0 atom stereocenters. The van der Waals surface area contributed by atoms with Crippen LogP contribution in [-0.4, -0.2) is 20.8 Å². The van der Waals surface area contributed by atoms with Gasteiger partial charge in [-0.3, -0.25) is 0 Å². The summed E-state index contributed by atoms with van der Waals surface area (Å²) in [7, 11) is 1.48. The number of aryl methyl sites for hydroxylation is 1. The van der Waals surface area contributed by atoms with Gasteiger partial charge in [-0.05, 0) is 12.1 Å². The number of imidazole rings is 1. The lowest BCUT2D eigenvalue weighted by molar-refractivity contribution is 0.142. The van der Waals surface area contributed by atoms with Crippen LogP contribution in [0.15, 0.2) is 24.4 Å². The van der Waals surface area contributed by atoms with Crippen LogP contribution >= 0.6 is 0 Å². The Bertz CT molecular complexity index is 590. The third kappa shape index (κ3) is 2.15. The molecule has 0 fully saturated rings. The maximum absolute atomic E-state index is 13.5. The highest BCUT2D eigenvalue weighted by Gasteiger charge is 2.18. The molecular weight excluding hydrogens is 246 g/mol. The standard InChI is InChI=1S/C11H8F2N2O3/c1-15-5-8(18-11(16)17)14-10(15)9-6(12)3-2-4-7(9)13/h2-5H,1H3,(H,16,17). The second kappa shape index (κ2) is 4.44. The molecule has 18 heavy (non-hydrogen) atoms. The first-order valence-corrected chi connectivity index (χ1v) is 4.87. The number of hydrogen-bond donors (Lipinski definition) is 1. The molecular formula is C11H8F2N2O3. The van der Waals surface area contributed by atoms with Crippen molar-refractivity contribution < 1.29 is 23.4 Å². The molecule has 0 amide bonds. The van der Waals surface area contributed by atoms with Gasteiger partial charge in [0.25, 0.3) is 0 Å². The van der Waals surface area contributed by atoms with Crippen molar-refractivity contribution in [1.82, 2.24) is 9.55 Å². The number of ether oxygens (including phenoxy) is 1. The van der Waals surface area contributed by atoms with E-state index < -0.39 is 17.8 Å². The van der Waals surface area contributed by atoms with Crippen molar-refractivity contribution in [3.63, 3.8) is 0 Å². The van der Waals surface area contributed by atoms with Crippen LogP contribution in [0.4, 0.5) is 13.6 Å². The third-order valence-electron chi connectivity index (χ3n) is 2.23. The van der Waals surface area contributed by atoms with Crippen molar-refractivity contribution in [3.8, 4) is 17.3 Å². The summed E-state index contributed by atoms with van der Waals surface area (Å²) in [6.45, 7) is 0. The quantitative estimate of drug-likeness (QED) is 0.836. The van der Waals surface area contributed by atoms with Crippen LogP contribution in [0.5, 0.6) is 5.88 Å². The molecule has 7 heteroatoms. The molecule has 1 heterocycles. The van der Waals surface area contributed by atoms with Crippen molar-refractivity contribution in [2.24, 2.45) is 7.05 Å². The minimum Gasteiger partial charge on any atom is -0.449 e. The summed E-state index contributed by atoms with van der Waals surface area (Å²) in [5.41, 5.74) is -0.333.